The van der Waals surface area contributed by atoms with E-state index < -0.39 is 41.9 Å². The molecule has 0 spiro atoms. The number of carbonyl (C=O) groups is 3. The minimum Gasteiger partial charge on any atom is -0.465 e. The van der Waals surface area contributed by atoms with E-state index in [2.05, 4.69) is 15.6 Å². The third-order valence-electron chi connectivity index (χ3n) is 6.71. The Morgan fingerprint density at radius 2 is 1.82 bits per heavy atom. The highest BCUT2D eigenvalue weighted by molar-refractivity contribution is 6.01. The first-order valence-electron chi connectivity index (χ1n) is 12.3. The number of benzene rings is 2. The van der Waals surface area contributed by atoms with Crippen LogP contribution in [0.5, 0.6) is 0 Å². The normalized spacial score (nSPS) is 18.4. The number of aromatic nitrogens is 1. The molecular formula is C28H29FN4O5. The predicted octanol–water partition coefficient (Wildman–Crippen LogP) is 3.76. The zero-order valence-electron chi connectivity index (χ0n) is 20.8. The van der Waals surface area contributed by atoms with Gasteiger partial charge in [-0.2, -0.15) is 0 Å². The lowest BCUT2D eigenvalue weighted by atomic mass is 10.0. The van der Waals surface area contributed by atoms with Crippen molar-refractivity contribution in [3.8, 4) is 0 Å². The quantitative estimate of drug-likeness (QED) is 0.358. The molecule has 10 heteroatoms. The van der Waals surface area contributed by atoms with Gasteiger partial charge in [0.05, 0.1) is 11.6 Å². The molecule has 0 bridgehead atoms. The molecule has 2 heterocycles. The first kappa shape index (κ1) is 26.7. The largest absolute Gasteiger partial charge is 0.465 e. The number of pyridine rings is 1. The van der Waals surface area contributed by atoms with Crippen molar-refractivity contribution in [2.45, 2.75) is 50.4 Å². The van der Waals surface area contributed by atoms with Crippen LogP contribution in [0.3, 0.4) is 0 Å². The Labute approximate surface area is 219 Å². The van der Waals surface area contributed by atoms with Crippen LogP contribution in [0.25, 0.3) is 0 Å². The van der Waals surface area contributed by atoms with E-state index in [-0.39, 0.29) is 11.6 Å². The molecule has 38 heavy (non-hydrogen) atoms. The summed E-state index contributed by atoms with van der Waals surface area (Å²) in [6, 6.07) is 14.1. The van der Waals surface area contributed by atoms with Gasteiger partial charge in [0.25, 0.3) is 5.91 Å². The lowest BCUT2D eigenvalue weighted by Gasteiger charge is -2.30. The first-order chi connectivity index (χ1) is 18.2. The molecule has 0 aliphatic carbocycles. The van der Waals surface area contributed by atoms with Gasteiger partial charge in [-0.1, -0.05) is 30.3 Å². The van der Waals surface area contributed by atoms with Gasteiger partial charge in [0.1, 0.15) is 18.0 Å². The van der Waals surface area contributed by atoms with E-state index in [0.29, 0.717) is 30.5 Å². The predicted molar refractivity (Wildman–Crippen MR) is 138 cm³/mol. The number of carboxylic acid groups (broad SMARTS) is 1. The monoisotopic (exact) mass is 520 g/mol. The third-order valence-corrected chi connectivity index (χ3v) is 6.71. The van der Waals surface area contributed by atoms with E-state index in [4.69, 9.17) is 0 Å². The van der Waals surface area contributed by atoms with Crippen LogP contribution in [-0.4, -0.2) is 56.1 Å². The van der Waals surface area contributed by atoms with Gasteiger partial charge in [-0.3, -0.25) is 19.5 Å². The zero-order chi connectivity index (χ0) is 27.2. The van der Waals surface area contributed by atoms with Crippen LogP contribution in [0.2, 0.25) is 0 Å². The summed E-state index contributed by atoms with van der Waals surface area (Å²) in [5, 5.41) is 25.9. The molecule has 2 aromatic carbocycles. The smallest absolute Gasteiger partial charge is 0.407 e. The number of hydrogen-bond acceptors (Lipinski definition) is 5. The van der Waals surface area contributed by atoms with Gasteiger partial charge in [-0.15, -0.1) is 0 Å². The second kappa shape index (κ2) is 11.8. The topological polar surface area (TPSA) is 132 Å². The summed E-state index contributed by atoms with van der Waals surface area (Å²) in [5.74, 6) is -1.83. The summed E-state index contributed by atoms with van der Waals surface area (Å²) in [6.07, 6.45) is 2.66. The van der Waals surface area contributed by atoms with E-state index in [9.17, 15) is 29.0 Å². The maximum atomic E-state index is 13.8. The molecule has 0 unspecified atom stereocenters. The molecule has 1 saturated heterocycles. The number of carbonyl (C=O) groups excluding carboxylic acids is 2. The highest BCUT2D eigenvalue weighted by Crippen LogP contribution is 2.34. The molecule has 0 saturated carbocycles. The lowest BCUT2D eigenvalue weighted by Crippen LogP contribution is -2.44. The molecule has 1 aliphatic heterocycles. The number of halogens is 1. The fraction of sp³-hybridized carbons (Fsp3) is 0.286. The third kappa shape index (κ3) is 6.15. The van der Waals surface area contributed by atoms with Crippen LogP contribution in [0.1, 0.15) is 47.4 Å². The number of nitrogens with zero attached hydrogens (tertiary/aromatic N) is 2. The van der Waals surface area contributed by atoms with Crippen LogP contribution in [0.4, 0.5) is 14.9 Å². The highest BCUT2D eigenvalue weighted by Gasteiger charge is 2.41. The molecule has 0 radical (unpaired) electrons. The maximum Gasteiger partial charge on any atom is 0.407 e. The van der Waals surface area contributed by atoms with Crippen molar-refractivity contribution in [3.63, 3.8) is 0 Å². The van der Waals surface area contributed by atoms with Crippen LogP contribution >= 0.6 is 0 Å². The van der Waals surface area contributed by atoms with Crippen molar-refractivity contribution in [2.24, 2.45) is 0 Å². The summed E-state index contributed by atoms with van der Waals surface area (Å²) in [6.45, 7) is 1.50. The Balaban J connectivity index is 1.34. The average Bonchev–Trinajstić information content (AvgIpc) is 3.33. The SMILES string of the molecule is C[C@H](NC(=O)c1ccccc1F)C(=O)Nc1ccc(C[C@@H]2CC[C@H]([C@H](O)c3cccnc3)N2C(=O)O)cc1. The Hall–Kier alpha value is -4.31. The van der Waals surface area contributed by atoms with Crippen molar-refractivity contribution in [1.82, 2.24) is 15.2 Å². The van der Waals surface area contributed by atoms with Crippen LogP contribution < -0.4 is 10.6 Å². The second-order valence-corrected chi connectivity index (χ2v) is 9.28. The molecule has 9 nitrogen and oxygen atoms in total. The summed E-state index contributed by atoms with van der Waals surface area (Å²) in [5.41, 5.74) is 1.80. The molecule has 198 valence electrons. The lowest BCUT2D eigenvalue weighted by molar-refractivity contribution is -0.117. The van der Waals surface area contributed by atoms with Gasteiger partial charge in [-0.25, -0.2) is 9.18 Å². The Morgan fingerprint density at radius 3 is 2.47 bits per heavy atom. The Morgan fingerprint density at radius 1 is 1.08 bits per heavy atom. The standard InChI is InChI=1S/C28H29FN4O5/c1-17(31-27(36)22-6-2-3-7-23(22)29)26(35)32-20-10-8-18(9-11-20)15-21-12-13-24(33(21)28(37)38)25(34)19-5-4-14-30-16-19/h2-11,14,16-17,21,24-25,34H,12-13,15H2,1H3,(H,31,36)(H,32,35)(H,37,38)/t17-,21-,24+,25+/m0/s1. The number of aliphatic hydroxyl groups excluding tert-OH is 1. The minimum atomic E-state index is -1.09. The fourth-order valence-electron chi connectivity index (χ4n) is 4.73. The number of amides is 3. The van der Waals surface area contributed by atoms with E-state index >= 15 is 0 Å². The zero-order valence-corrected chi connectivity index (χ0v) is 20.8. The van der Waals surface area contributed by atoms with Gasteiger partial charge in [-0.05, 0) is 62.1 Å². The maximum absolute atomic E-state index is 13.8. The van der Waals surface area contributed by atoms with Crippen molar-refractivity contribution in [2.75, 3.05) is 5.32 Å². The van der Waals surface area contributed by atoms with Crippen LogP contribution in [0, 0.1) is 5.82 Å². The number of anilines is 1. The van der Waals surface area contributed by atoms with E-state index in [1.54, 1.807) is 42.6 Å². The van der Waals surface area contributed by atoms with Crippen LogP contribution in [-0.2, 0) is 11.2 Å². The number of nitrogens with one attached hydrogen (secondary N) is 2. The fourth-order valence-corrected chi connectivity index (χ4v) is 4.73. The number of rotatable bonds is 8. The van der Waals surface area contributed by atoms with E-state index in [1.807, 2.05) is 0 Å². The minimum absolute atomic E-state index is 0.144. The summed E-state index contributed by atoms with van der Waals surface area (Å²) in [7, 11) is 0. The highest BCUT2D eigenvalue weighted by atomic mass is 19.1. The van der Waals surface area contributed by atoms with Gasteiger partial charge < -0.3 is 20.8 Å². The molecule has 4 rings (SSSR count). The van der Waals surface area contributed by atoms with E-state index in [1.165, 1.54) is 42.3 Å². The van der Waals surface area contributed by atoms with Crippen molar-refractivity contribution in [3.05, 3.63) is 95.6 Å². The molecule has 4 N–H and O–H groups in total. The Kier molecular flexibility index (Phi) is 8.32. The summed E-state index contributed by atoms with van der Waals surface area (Å²) < 4.78 is 13.8. The molecular weight excluding hydrogens is 491 g/mol. The van der Waals surface area contributed by atoms with Gasteiger partial charge in [0, 0.05) is 29.7 Å². The summed E-state index contributed by atoms with van der Waals surface area (Å²) in [4.78, 5) is 42.2. The van der Waals surface area contributed by atoms with Crippen LogP contribution in [0.15, 0.2) is 73.1 Å². The molecule has 1 fully saturated rings. The van der Waals surface area contributed by atoms with Crippen molar-refractivity contribution >= 4 is 23.6 Å². The number of hydrogen-bond donors (Lipinski definition) is 4. The van der Waals surface area contributed by atoms with Crippen molar-refractivity contribution < 1.29 is 29.0 Å². The first-order valence-corrected chi connectivity index (χ1v) is 12.3. The van der Waals surface area contributed by atoms with Gasteiger partial charge in [0.2, 0.25) is 5.91 Å². The van der Waals surface area contributed by atoms with Gasteiger partial charge >= 0.3 is 6.09 Å². The number of aliphatic hydroxyl groups is 1. The Bertz CT molecular complexity index is 1290. The summed E-state index contributed by atoms with van der Waals surface area (Å²) >= 11 is 0. The molecule has 1 aromatic heterocycles. The average molecular weight is 521 g/mol. The van der Waals surface area contributed by atoms with Gasteiger partial charge in [0.15, 0.2) is 0 Å². The second-order valence-electron chi connectivity index (χ2n) is 9.28. The molecule has 1 aliphatic rings. The number of likely N-dealkylation sites (tertiary alicyclic amines) is 1. The molecule has 4 atom stereocenters. The molecule has 3 amide bonds. The molecule has 3 aromatic rings. The van der Waals surface area contributed by atoms with E-state index in [0.717, 1.165) is 5.56 Å². The van der Waals surface area contributed by atoms with Crippen molar-refractivity contribution in [1.29, 1.82) is 0 Å².